The number of alkyl halides is 2. The van der Waals surface area contributed by atoms with Crippen LogP contribution in [-0.2, 0) is 18.1 Å². The Morgan fingerprint density at radius 1 is 1.09 bits per heavy atom. The molecule has 13 heteroatoms. The lowest BCUT2D eigenvalue weighted by Gasteiger charge is -2.37. The van der Waals surface area contributed by atoms with Gasteiger partial charge in [-0.25, -0.2) is 19.0 Å². The molecule has 0 fully saturated rings. The zero-order chi connectivity index (χ0) is 25.8. The van der Waals surface area contributed by atoms with Gasteiger partial charge in [-0.2, -0.15) is 13.9 Å². The van der Waals surface area contributed by atoms with Gasteiger partial charge in [-0.1, -0.05) is 17.7 Å². The van der Waals surface area contributed by atoms with Crippen LogP contribution in [0.1, 0.15) is 16.8 Å². The Morgan fingerprint density at radius 2 is 1.83 bits per heavy atom. The average Bonchev–Trinajstić information content (AvgIpc) is 2.80. The van der Waals surface area contributed by atoms with Crippen molar-refractivity contribution in [3.63, 3.8) is 0 Å². The van der Waals surface area contributed by atoms with Crippen LogP contribution in [0.15, 0.2) is 59.8 Å². The van der Waals surface area contributed by atoms with E-state index in [0.29, 0.717) is 28.8 Å². The van der Waals surface area contributed by atoms with Crippen molar-refractivity contribution in [2.45, 2.75) is 18.1 Å². The van der Waals surface area contributed by atoms with E-state index in [4.69, 9.17) is 28.0 Å². The predicted molar refractivity (Wildman–Crippen MR) is 118 cm³/mol. The van der Waals surface area contributed by atoms with E-state index < -0.39 is 46.8 Å². The van der Waals surface area contributed by atoms with Gasteiger partial charge in [-0.3, -0.25) is 9.99 Å². The Hall–Kier alpha value is -3.48. The molecule has 0 aliphatic rings. The molecule has 3 aromatic rings. The molecule has 0 amide bonds. The number of halogens is 6. The van der Waals surface area contributed by atoms with Crippen LogP contribution in [0.3, 0.4) is 0 Å². The minimum atomic E-state index is -4.25. The number of pyridine rings is 1. The average molecular weight is 516 g/mol. The number of aliphatic hydroxyl groups is 1. The van der Waals surface area contributed by atoms with Crippen molar-refractivity contribution in [2.75, 3.05) is 6.54 Å². The number of nitrogens with zero attached hydrogens (tertiary/aromatic N) is 3. The van der Waals surface area contributed by atoms with E-state index in [1.54, 1.807) is 0 Å². The van der Waals surface area contributed by atoms with E-state index in [0.717, 1.165) is 30.7 Å². The fraction of sp³-hybridized carbons (Fsp3) is 0.182. The SMILES string of the molecule is N/N=C\N(N)CC(O)(c1ccc(F)cc1F)C(F)(F)c1ccc(OCc2ccc(Cl)c(F)c2)cn1. The van der Waals surface area contributed by atoms with Gasteiger partial charge in [0.05, 0.1) is 17.8 Å². The summed E-state index contributed by atoms with van der Waals surface area (Å²) in [5.74, 6) is 3.18. The molecule has 5 N–H and O–H groups in total. The second-order valence-electron chi connectivity index (χ2n) is 7.41. The molecular formula is C22H19ClF5N5O2. The molecular weight excluding hydrogens is 497 g/mol. The largest absolute Gasteiger partial charge is 0.487 e. The fourth-order valence-corrected chi connectivity index (χ4v) is 3.35. The van der Waals surface area contributed by atoms with Crippen LogP contribution in [0.2, 0.25) is 5.02 Å². The Balaban J connectivity index is 1.91. The van der Waals surface area contributed by atoms with E-state index in [1.807, 2.05) is 0 Å². The van der Waals surface area contributed by atoms with Crippen LogP contribution in [-0.4, -0.2) is 28.0 Å². The predicted octanol–water partition coefficient (Wildman–Crippen LogP) is 3.79. The van der Waals surface area contributed by atoms with Crippen molar-refractivity contribution in [1.29, 1.82) is 0 Å². The van der Waals surface area contributed by atoms with Crippen LogP contribution in [0, 0.1) is 17.5 Å². The lowest BCUT2D eigenvalue weighted by Crippen LogP contribution is -2.53. The van der Waals surface area contributed by atoms with Crippen molar-refractivity contribution >= 4 is 17.9 Å². The van der Waals surface area contributed by atoms with Crippen molar-refractivity contribution in [3.05, 3.63) is 94.0 Å². The van der Waals surface area contributed by atoms with Crippen LogP contribution < -0.4 is 16.4 Å². The fourth-order valence-electron chi connectivity index (χ4n) is 3.23. The summed E-state index contributed by atoms with van der Waals surface area (Å²) < 4.78 is 78.0. The first-order valence-electron chi connectivity index (χ1n) is 9.81. The third-order valence-electron chi connectivity index (χ3n) is 4.97. The molecule has 1 heterocycles. The van der Waals surface area contributed by atoms with Crippen LogP contribution >= 0.6 is 11.6 Å². The molecule has 0 saturated carbocycles. The zero-order valence-electron chi connectivity index (χ0n) is 17.8. The molecule has 2 aromatic carbocycles. The van der Waals surface area contributed by atoms with Gasteiger partial charge < -0.3 is 15.7 Å². The molecule has 0 aliphatic heterocycles. The number of hydrazine groups is 1. The van der Waals surface area contributed by atoms with E-state index in [9.17, 15) is 18.3 Å². The van der Waals surface area contributed by atoms with Crippen molar-refractivity contribution in [1.82, 2.24) is 9.99 Å². The van der Waals surface area contributed by atoms with Gasteiger partial charge in [0.1, 0.15) is 41.8 Å². The molecule has 35 heavy (non-hydrogen) atoms. The number of rotatable bonds is 9. The van der Waals surface area contributed by atoms with Crippen LogP contribution in [0.5, 0.6) is 5.75 Å². The van der Waals surface area contributed by atoms with Gasteiger partial charge in [-0.05, 0) is 42.0 Å². The summed E-state index contributed by atoms with van der Waals surface area (Å²) in [4.78, 5) is 3.64. The second-order valence-corrected chi connectivity index (χ2v) is 7.82. The second kappa shape index (κ2) is 10.4. The third-order valence-corrected chi connectivity index (χ3v) is 5.28. The summed E-state index contributed by atoms with van der Waals surface area (Å²) in [6.45, 7) is -1.21. The molecule has 186 valence electrons. The first kappa shape index (κ1) is 26.1. The lowest BCUT2D eigenvalue weighted by atomic mass is 9.84. The molecule has 0 bridgehead atoms. The summed E-state index contributed by atoms with van der Waals surface area (Å²) in [6, 6.07) is 7.71. The van der Waals surface area contributed by atoms with Gasteiger partial charge in [0, 0.05) is 11.6 Å². The zero-order valence-corrected chi connectivity index (χ0v) is 18.6. The third kappa shape index (κ3) is 5.61. The highest BCUT2D eigenvalue weighted by atomic mass is 35.5. The van der Waals surface area contributed by atoms with Crippen LogP contribution in [0.25, 0.3) is 0 Å². The van der Waals surface area contributed by atoms with Gasteiger partial charge in [0.15, 0.2) is 5.60 Å². The molecule has 0 aliphatic carbocycles. The highest BCUT2D eigenvalue weighted by Crippen LogP contribution is 2.46. The highest BCUT2D eigenvalue weighted by Gasteiger charge is 2.58. The van der Waals surface area contributed by atoms with Crippen LogP contribution in [0.4, 0.5) is 22.0 Å². The summed E-state index contributed by atoms with van der Waals surface area (Å²) in [5, 5.41) is 14.6. The highest BCUT2D eigenvalue weighted by molar-refractivity contribution is 6.30. The Bertz CT molecular complexity index is 1220. The number of aromatic nitrogens is 1. The standard InChI is InChI=1S/C22H19ClF5N5O2/c23-17-5-1-13(7-19(17)26)10-35-15-3-6-20(31-9-15)22(27,28)21(34,11-33(30)12-32-29)16-4-2-14(24)8-18(16)25/h1-9,12,34H,10-11,29-30H2/b32-12-. The van der Waals surface area contributed by atoms with E-state index in [2.05, 4.69) is 10.1 Å². The smallest absolute Gasteiger partial charge is 0.323 e. The molecule has 1 unspecified atom stereocenters. The minimum Gasteiger partial charge on any atom is -0.487 e. The maximum atomic E-state index is 15.6. The summed E-state index contributed by atoms with van der Waals surface area (Å²) >= 11 is 5.62. The molecule has 3 rings (SSSR count). The number of hydrazone groups is 1. The van der Waals surface area contributed by atoms with E-state index in [1.165, 1.54) is 12.1 Å². The molecule has 0 spiro atoms. The van der Waals surface area contributed by atoms with Crippen molar-refractivity contribution < 1.29 is 31.8 Å². The summed E-state index contributed by atoms with van der Waals surface area (Å²) in [6.07, 6.45) is 1.67. The first-order valence-corrected chi connectivity index (χ1v) is 10.2. The van der Waals surface area contributed by atoms with Gasteiger partial charge in [-0.15, -0.1) is 0 Å². The quantitative estimate of drug-likeness (QED) is 0.131. The molecule has 0 radical (unpaired) electrons. The maximum absolute atomic E-state index is 15.6. The maximum Gasteiger partial charge on any atom is 0.323 e. The topological polar surface area (TPSA) is 110 Å². The van der Waals surface area contributed by atoms with E-state index >= 15 is 8.78 Å². The van der Waals surface area contributed by atoms with Crippen molar-refractivity contribution in [3.8, 4) is 5.75 Å². The normalized spacial score (nSPS) is 13.6. The molecule has 7 nitrogen and oxygen atoms in total. The Morgan fingerprint density at radius 3 is 2.43 bits per heavy atom. The molecule has 0 saturated heterocycles. The van der Waals surface area contributed by atoms with Gasteiger partial charge in [0.25, 0.3) is 0 Å². The van der Waals surface area contributed by atoms with Crippen molar-refractivity contribution in [2.24, 2.45) is 16.8 Å². The number of nitrogens with two attached hydrogens (primary N) is 2. The summed E-state index contributed by atoms with van der Waals surface area (Å²) in [7, 11) is 0. The molecule has 1 atom stereocenters. The number of hydrogen-bond acceptors (Lipinski definition) is 6. The minimum absolute atomic E-state index is 0.0483. The monoisotopic (exact) mass is 515 g/mol. The van der Waals surface area contributed by atoms with E-state index in [-0.39, 0.29) is 17.4 Å². The number of hydrogen-bond donors (Lipinski definition) is 3. The summed E-state index contributed by atoms with van der Waals surface area (Å²) in [5.41, 5.74) is -4.80. The van der Waals surface area contributed by atoms with Gasteiger partial charge in [0.2, 0.25) is 0 Å². The first-order chi connectivity index (χ1) is 16.5. The Kier molecular flexibility index (Phi) is 7.78. The number of ether oxygens (including phenoxy) is 1. The Labute approximate surface area is 201 Å². The molecule has 1 aromatic heterocycles. The van der Waals surface area contributed by atoms with Gasteiger partial charge >= 0.3 is 5.92 Å². The number of benzene rings is 2. The lowest BCUT2D eigenvalue weighted by molar-refractivity contribution is -0.203.